The van der Waals surface area contributed by atoms with E-state index in [1.54, 1.807) is 0 Å². The zero-order chi connectivity index (χ0) is 13.8. The average molecular weight is 262 g/mol. The third kappa shape index (κ3) is 3.25. The lowest BCUT2D eigenvalue weighted by Crippen LogP contribution is -2.20. The summed E-state index contributed by atoms with van der Waals surface area (Å²) in [6, 6.07) is 2.06. The quantitative estimate of drug-likeness (QED) is 0.855. The summed E-state index contributed by atoms with van der Waals surface area (Å²) in [5.74, 6) is -0.360. The maximum Gasteiger partial charge on any atom is 0.339 e. The monoisotopic (exact) mass is 262 g/mol. The second kappa shape index (κ2) is 6.04. The standard InChI is InChI=1S/C15H22N2O2/c1-3-6-10(2)16-14-12(15(18)19)9-11-7-4-5-8-13(11)17-14/h9-10H,3-8H2,1-2H3,(H,16,17)(H,18,19). The minimum absolute atomic E-state index is 0.247. The van der Waals surface area contributed by atoms with Crippen molar-refractivity contribution >= 4 is 11.8 Å². The predicted molar refractivity (Wildman–Crippen MR) is 75.8 cm³/mol. The highest BCUT2D eigenvalue weighted by Gasteiger charge is 2.19. The van der Waals surface area contributed by atoms with Crippen molar-refractivity contribution in [3.05, 3.63) is 22.9 Å². The zero-order valence-electron chi connectivity index (χ0n) is 11.7. The number of aromatic nitrogens is 1. The van der Waals surface area contributed by atoms with Crippen molar-refractivity contribution in [3.8, 4) is 0 Å². The molecule has 2 rings (SSSR count). The van der Waals surface area contributed by atoms with Crippen molar-refractivity contribution in [1.29, 1.82) is 0 Å². The van der Waals surface area contributed by atoms with Crippen molar-refractivity contribution < 1.29 is 9.90 Å². The molecular formula is C15H22N2O2. The van der Waals surface area contributed by atoms with E-state index in [-0.39, 0.29) is 6.04 Å². The van der Waals surface area contributed by atoms with Gasteiger partial charge in [0.05, 0.1) is 0 Å². The van der Waals surface area contributed by atoms with Gasteiger partial charge in [-0.3, -0.25) is 0 Å². The van der Waals surface area contributed by atoms with Crippen molar-refractivity contribution in [2.24, 2.45) is 0 Å². The molecule has 1 aliphatic carbocycles. The van der Waals surface area contributed by atoms with E-state index in [2.05, 4.69) is 24.1 Å². The van der Waals surface area contributed by atoms with E-state index in [1.807, 2.05) is 6.07 Å². The largest absolute Gasteiger partial charge is 0.478 e. The molecule has 1 aliphatic rings. The van der Waals surface area contributed by atoms with Crippen LogP contribution >= 0.6 is 0 Å². The van der Waals surface area contributed by atoms with Crippen LogP contribution in [-0.4, -0.2) is 22.1 Å². The lowest BCUT2D eigenvalue weighted by molar-refractivity contribution is 0.0697. The highest BCUT2D eigenvalue weighted by molar-refractivity contribution is 5.93. The van der Waals surface area contributed by atoms with Gasteiger partial charge in [0.15, 0.2) is 0 Å². The summed E-state index contributed by atoms with van der Waals surface area (Å²) >= 11 is 0. The van der Waals surface area contributed by atoms with Crippen LogP contribution in [0.3, 0.4) is 0 Å². The number of hydrogen-bond donors (Lipinski definition) is 2. The molecule has 0 radical (unpaired) electrons. The summed E-state index contributed by atoms with van der Waals surface area (Å²) in [5, 5.41) is 12.6. The van der Waals surface area contributed by atoms with Crippen LogP contribution in [0.25, 0.3) is 0 Å². The lowest BCUT2D eigenvalue weighted by Gasteiger charge is -2.20. The Morgan fingerprint density at radius 3 is 2.89 bits per heavy atom. The van der Waals surface area contributed by atoms with E-state index in [4.69, 9.17) is 0 Å². The van der Waals surface area contributed by atoms with Gasteiger partial charge in [0.1, 0.15) is 11.4 Å². The van der Waals surface area contributed by atoms with Gasteiger partial charge in [-0.15, -0.1) is 0 Å². The first-order chi connectivity index (χ1) is 9.11. The molecule has 0 aromatic carbocycles. The first-order valence-corrected chi connectivity index (χ1v) is 7.14. The van der Waals surface area contributed by atoms with Crippen LogP contribution in [0.2, 0.25) is 0 Å². The van der Waals surface area contributed by atoms with Crippen molar-refractivity contribution in [2.75, 3.05) is 5.32 Å². The molecule has 0 saturated heterocycles. The summed E-state index contributed by atoms with van der Waals surface area (Å²) in [4.78, 5) is 15.9. The first-order valence-electron chi connectivity index (χ1n) is 7.14. The smallest absolute Gasteiger partial charge is 0.339 e. The van der Waals surface area contributed by atoms with Gasteiger partial charge in [-0.05, 0) is 50.7 Å². The van der Waals surface area contributed by atoms with Gasteiger partial charge in [0, 0.05) is 11.7 Å². The molecular weight excluding hydrogens is 240 g/mol. The number of rotatable bonds is 5. The van der Waals surface area contributed by atoms with Gasteiger partial charge >= 0.3 is 5.97 Å². The van der Waals surface area contributed by atoms with Crippen LogP contribution in [0.5, 0.6) is 0 Å². The van der Waals surface area contributed by atoms with Crippen molar-refractivity contribution in [2.45, 2.75) is 58.4 Å². The molecule has 1 unspecified atom stereocenters. The molecule has 0 aliphatic heterocycles. The fourth-order valence-electron chi connectivity index (χ4n) is 2.65. The molecule has 0 bridgehead atoms. The third-order valence-electron chi connectivity index (χ3n) is 3.64. The number of hydrogen-bond acceptors (Lipinski definition) is 3. The maximum atomic E-state index is 11.4. The molecule has 104 valence electrons. The van der Waals surface area contributed by atoms with E-state index >= 15 is 0 Å². The fourth-order valence-corrected chi connectivity index (χ4v) is 2.65. The van der Waals surface area contributed by atoms with Crippen LogP contribution in [0.15, 0.2) is 6.07 Å². The number of carboxylic acid groups (broad SMARTS) is 1. The highest BCUT2D eigenvalue weighted by Crippen LogP contribution is 2.25. The third-order valence-corrected chi connectivity index (χ3v) is 3.64. The number of nitrogens with zero attached hydrogens (tertiary/aromatic N) is 1. The van der Waals surface area contributed by atoms with Crippen LogP contribution in [0.4, 0.5) is 5.82 Å². The fraction of sp³-hybridized carbons (Fsp3) is 0.600. The average Bonchev–Trinajstić information content (AvgIpc) is 2.38. The number of pyridine rings is 1. The second-order valence-electron chi connectivity index (χ2n) is 5.34. The SMILES string of the molecule is CCCC(C)Nc1nc2c(cc1C(=O)O)CCCC2. The van der Waals surface area contributed by atoms with Gasteiger partial charge in [0.2, 0.25) is 0 Å². The molecule has 0 spiro atoms. The molecule has 0 saturated carbocycles. The summed E-state index contributed by atoms with van der Waals surface area (Å²) in [7, 11) is 0. The molecule has 0 fully saturated rings. The first kappa shape index (κ1) is 13.8. The molecule has 1 heterocycles. The highest BCUT2D eigenvalue weighted by atomic mass is 16.4. The Labute approximate surface area is 114 Å². The van der Waals surface area contributed by atoms with E-state index in [0.29, 0.717) is 11.4 Å². The molecule has 1 aromatic rings. The minimum atomic E-state index is -0.896. The van der Waals surface area contributed by atoms with Crippen LogP contribution < -0.4 is 5.32 Å². The number of nitrogens with one attached hydrogen (secondary N) is 1. The Hall–Kier alpha value is -1.58. The number of anilines is 1. The Morgan fingerprint density at radius 2 is 2.21 bits per heavy atom. The molecule has 0 amide bonds. The van der Waals surface area contributed by atoms with Crippen molar-refractivity contribution in [1.82, 2.24) is 4.98 Å². The molecule has 19 heavy (non-hydrogen) atoms. The minimum Gasteiger partial charge on any atom is -0.478 e. The van der Waals surface area contributed by atoms with Crippen LogP contribution in [0.1, 0.15) is 61.1 Å². The molecule has 4 nitrogen and oxygen atoms in total. The number of aromatic carboxylic acids is 1. The lowest BCUT2D eigenvalue weighted by atomic mass is 9.94. The van der Waals surface area contributed by atoms with Crippen LogP contribution in [0, 0.1) is 0 Å². The Kier molecular flexibility index (Phi) is 4.40. The normalized spacial score (nSPS) is 15.7. The summed E-state index contributed by atoms with van der Waals surface area (Å²) in [6.45, 7) is 4.19. The van der Waals surface area contributed by atoms with Gasteiger partial charge in [-0.25, -0.2) is 9.78 Å². The molecule has 4 heteroatoms. The summed E-state index contributed by atoms with van der Waals surface area (Å²) < 4.78 is 0. The zero-order valence-corrected chi connectivity index (χ0v) is 11.7. The van der Waals surface area contributed by atoms with Crippen LogP contribution in [-0.2, 0) is 12.8 Å². The second-order valence-corrected chi connectivity index (χ2v) is 5.34. The van der Waals surface area contributed by atoms with Gasteiger partial charge < -0.3 is 10.4 Å². The summed E-state index contributed by atoms with van der Waals surface area (Å²) in [5.41, 5.74) is 2.49. The maximum absolute atomic E-state index is 11.4. The van der Waals surface area contributed by atoms with E-state index in [9.17, 15) is 9.90 Å². The van der Waals surface area contributed by atoms with Gasteiger partial charge in [0.25, 0.3) is 0 Å². The van der Waals surface area contributed by atoms with Crippen molar-refractivity contribution in [3.63, 3.8) is 0 Å². The van der Waals surface area contributed by atoms with Gasteiger partial charge in [-0.1, -0.05) is 13.3 Å². The number of aryl methyl sites for hydroxylation is 2. The van der Waals surface area contributed by atoms with E-state index < -0.39 is 5.97 Å². The Morgan fingerprint density at radius 1 is 1.47 bits per heavy atom. The predicted octanol–water partition coefficient (Wildman–Crippen LogP) is 3.26. The number of carbonyl (C=O) groups is 1. The molecule has 2 N–H and O–H groups in total. The summed E-state index contributed by atoms with van der Waals surface area (Å²) in [6.07, 6.45) is 6.28. The number of carboxylic acids is 1. The van der Waals surface area contributed by atoms with Gasteiger partial charge in [-0.2, -0.15) is 0 Å². The molecule has 1 aromatic heterocycles. The van der Waals surface area contributed by atoms with E-state index in [0.717, 1.165) is 49.8 Å². The Balaban J connectivity index is 2.31. The Bertz CT molecular complexity index is 471. The number of fused-ring (bicyclic) bond motifs is 1. The molecule has 1 atom stereocenters. The van der Waals surface area contributed by atoms with E-state index in [1.165, 1.54) is 0 Å². The topological polar surface area (TPSA) is 62.2 Å².